The maximum atomic E-state index is 12.8. The molecule has 0 N–H and O–H groups in total. The number of hydrogen-bond donors (Lipinski definition) is 0. The molecule has 0 atom stereocenters. The SMILES string of the molecule is Cc1nc(COc2ccc(C(=O)OCCOc3ccc(F)cc3)cc2)no1. The Bertz CT molecular complexity index is 878. The molecule has 0 aliphatic rings. The lowest BCUT2D eigenvalue weighted by molar-refractivity contribution is 0.0450. The lowest BCUT2D eigenvalue weighted by atomic mass is 10.2. The molecule has 0 unspecified atom stereocenters. The summed E-state index contributed by atoms with van der Waals surface area (Å²) in [7, 11) is 0. The molecule has 0 saturated heterocycles. The van der Waals surface area contributed by atoms with Crippen LogP contribution in [0.2, 0.25) is 0 Å². The highest BCUT2D eigenvalue weighted by Gasteiger charge is 2.08. The van der Waals surface area contributed by atoms with Gasteiger partial charge in [-0.2, -0.15) is 4.98 Å². The maximum absolute atomic E-state index is 12.8. The van der Waals surface area contributed by atoms with Gasteiger partial charge < -0.3 is 18.7 Å². The van der Waals surface area contributed by atoms with E-state index in [1.54, 1.807) is 31.2 Å². The van der Waals surface area contributed by atoms with Gasteiger partial charge in [0.25, 0.3) is 0 Å². The number of aryl methyl sites for hydroxylation is 1. The number of carbonyl (C=O) groups is 1. The van der Waals surface area contributed by atoms with E-state index in [4.69, 9.17) is 18.7 Å². The second-order valence-electron chi connectivity index (χ2n) is 5.48. The fourth-order valence-electron chi connectivity index (χ4n) is 2.14. The molecule has 0 spiro atoms. The highest BCUT2D eigenvalue weighted by molar-refractivity contribution is 5.89. The van der Waals surface area contributed by atoms with Crippen molar-refractivity contribution in [2.75, 3.05) is 13.2 Å². The van der Waals surface area contributed by atoms with Crippen LogP contribution in [0.25, 0.3) is 0 Å². The van der Waals surface area contributed by atoms with Gasteiger partial charge in [0.1, 0.15) is 30.5 Å². The van der Waals surface area contributed by atoms with Crippen LogP contribution in [0.15, 0.2) is 53.1 Å². The number of halogens is 1. The Balaban J connectivity index is 1.41. The zero-order valence-electron chi connectivity index (χ0n) is 14.6. The number of ether oxygens (including phenoxy) is 3. The molecule has 3 rings (SSSR count). The van der Waals surface area contributed by atoms with Crippen molar-refractivity contribution in [1.82, 2.24) is 10.1 Å². The van der Waals surface area contributed by atoms with Gasteiger partial charge in [0.05, 0.1) is 5.56 Å². The Morgan fingerprint density at radius 2 is 1.67 bits per heavy atom. The van der Waals surface area contributed by atoms with Gasteiger partial charge in [-0.1, -0.05) is 5.16 Å². The Labute approximate surface area is 154 Å². The fraction of sp³-hybridized carbons (Fsp3) is 0.211. The first-order chi connectivity index (χ1) is 13.1. The fourth-order valence-corrected chi connectivity index (χ4v) is 2.14. The minimum atomic E-state index is -0.474. The predicted octanol–water partition coefficient (Wildman–Crippen LogP) is 3.33. The number of carbonyl (C=O) groups excluding carboxylic acids is 1. The van der Waals surface area contributed by atoms with Crippen molar-refractivity contribution in [2.45, 2.75) is 13.5 Å². The average molecular weight is 372 g/mol. The summed E-state index contributed by atoms with van der Waals surface area (Å²) < 4.78 is 33.6. The Morgan fingerprint density at radius 1 is 1.00 bits per heavy atom. The molecule has 0 aliphatic carbocycles. The van der Waals surface area contributed by atoms with Gasteiger partial charge in [-0.15, -0.1) is 0 Å². The molecule has 3 aromatic rings. The van der Waals surface area contributed by atoms with E-state index in [0.717, 1.165) is 0 Å². The van der Waals surface area contributed by atoms with E-state index in [1.165, 1.54) is 24.3 Å². The van der Waals surface area contributed by atoms with Crippen molar-refractivity contribution in [3.8, 4) is 11.5 Å². The number of aromatic nitrogens is 2. The standard InChI is InChI=1S/C19H17FN2O5/c1-13-21-18(22-27-13)12-26-17-6-2-14(3-7-17)19(23)25-11-10-24-16-8-4-15(20)5-9-16/h2-9H,10-12H2,1H3. The molecule has 0 saturated carbocycles. The summed E-state index contributed by atoms with van der Waals surface area (Å²) in [5, 5.41) is 3.73. The van der Waals surface area contributed by atoms with Crippen LogP contribution in [0.1, 0.15) is 22.1 Å². The predicted molar refractivity (Wildman–Crippen MR) is 92.0 cm³/mol. The highest BCUT2D eigenvalue weighted by Crippen LogP contribution is 2.15. The van der Waals surface area contributed by atoms with Gasteiger partial charge in [-0.25, -0.2) is 9.18 Å². The molecule has 1 aromatic heterocycles. The third-order valence-electron chi connectivity index (χ3n) is 3.43. The van der Waals surface area contributed by atoms with Gasteiger partial charge in [0.15, 0.2) is 6.61 Å². The first-order valence-electron chi connectivity index (χ1n) is 8.18. The van der Waals surface area contributed by atoms with E-state index >= 15 is 0 Å². The minimum absolute atomic E-state index is 0.0750. The van der Waals surface area contributed by atoms with Crippen molar-refractivity contribution in [3.05, 3.63) is 71.6 Å². The molecule has 2 aromatic carbocycles. The lowest BCUT2D eigenvalue weighted by Crippen LogP contribution is -2.12. The number of esters is 1. The molecular weight excluding hydrogens is 355 g/mol. The topological polar surface area (TPSA) is 83.7 Å². The van der Waals surface area contributed by atoms with Crippen LogP contribution in [-0.4, -0.2) is 29.3 Å². The molecule has 0 aliphatic heterocycles. The van der Waals surface area contributed by atoms with Crippen LogP contribution in [0.3, 0.4) is 0 Å². The van der Waals surface area contributed by atoms with Gasteiger partial charge in [0.2, 0.25) is 11.7 Å². The molecule has 0 radical (unpaired) electrons. The van der Waals surface area contributed by atoms with E-state index in [-0.39, 0.29) is 25.6 Å². The first kappa shape index (κ1) is 18.4. The van der Waals surface area contributed by atoms with E-state index in [9.17, 15) is 9.18 Å². The Morgan fingerprint density at radius 3 is 2.33 bits per heavy atom. The van der Waals surface area contributed by atoms with Gasteiger partial charge in [-0.3, -0.25) is 0 Å². The van der Waals surface area contributed by atoms with Crippen LogP contribution in [0.4, 0.5) is 4.39 Å². The third-order valence-corrected chi connectivity index (χ3v) is 3.43. The summed E-state index contributed by atoms with van der Waals surface area (Å²) in [6, 6.07) is 12.1. The van der Waals surface area contributed by atoms with Crippen molar-refractivity contribution in [3.63, 3.8) is 0 Å². The first-order valence-corrected chi connectivity index (χ1v) is 8.18. The van der Waals surface area contributed by atoms with Crippen LogP contribution in [-0.2, 0) is 11.3 Å². The molecule has 140 valence electrons. The number of rotatable bonds is 8. The summed E-state index contributed by atoms with van der Waals surface area (Å²) in [6.07, 6.45) is 0. The van der Waals surface area contributed by atoms with Crippen molar-refractivity contribution in [1.29, 1.82) is 0 Å². The maximum Gasteiger partial charge on any atom is 0.338 e. The Kier molecular flexibility index (Phi) is 5.98. The van der Waals surface area contributed by atoms with Gasteiger partial charge >= 0.3 is 5.97 Å². The number of hydrogen-bond acceptors (Lipinski definition) is 7. The van der Waals surface area contributed by atoms with Gasteiger partial charge in [0, 0.05) is 6.92 Å². The molecule has 8 heteroatoms. The number of benzene rings is 2. The molecule has 0 amide bonds. The van der Waals surface area contributed by atoms with Crippen LogP contribution < -0.4 is 9.47 Å². The molecular formula is C19H17FN2O5. The monoisotopic (exact) mass is 372 g/mol. The lowest BCUT2D eigenvalue weighted by Gasteiger charge is -2.08. The number of nitrogens with zero attached hydrogens (tertiary/aromatic N) is 2. The molecule has 0 bridgehead atoms. The Hall–Kier alpha value is -3.42. The van der Waals surface area contributed by atoms with Crippen LogP contribution in [0, 0.1) is 12.7 Å². The summed E-state index contributed by atoms with van der Waals surface area (Å²) >= 11 is 0. The quantitative estimate of drug-likeness (QED) is 0.443. The second kappa shape index (κ2) is 8.79. The summed E-state index contributed by atoms with van der Waals surface area (Å²) in [6.45, 7) is 2.11. The minimum Gasteiger partial charge on any atom is -0.490 e. The van der Waals surface area contributed by atoms with Crippen molar-refractivity contribution in [2.24, 2.45) is 0 Å². The molecule has 7 nitrogen and oxygen atoms in total. The van der Waals surface area contributed by atoms with Crippen molar-refractivity contribution >= 4 is 5.97 Å². The van der Waals surface area contributed by atoms with E-state index in [1.807, 2.05) is 0 Å². The third kappa shape index (κ3) is 5.53. The zero-order chi connectivity index (χ0) is 19.1. The summed E-state index contributed by atoms with van der Waals surface area (Å²) in [5.74, 6) is 1.17. The normalized spacial score (nSPS) is 10.4. The summed E-state index contributed by atoms with van der Waals surface area (Å²) in [5.41, 5.74) is 0.388. The van der Waals surface area contributed by atoms with Crippen LogP contribution in [0.5, 0.6) is 11.5 Å². The van der Waals surface area contributed by atoms with Crippen molar-refractivity contribution < 1.29 is 27.9 Å². The van der Waals surface area contributed by atoms with Crippen LogP contribution >= 0.6 is 0 Å². The smallest absolute Gasteiger partial charge is 0.338 e. The molecule has 1 heterocycles. The average Bonchev–Trinajstić information content (AvgIpc) is 3.10. The van der Waals surface area contributed by atoms with Gasteiger partial charge in [-0.05, 0) is 48.5 Å². The van der Waals surface area contributed by atoms with E-state index in [2.05, 4.69) is 10.1 Å². The summed E-state index contributed by atoms with van der Waals surface area (Å²) in [4.78, 5) is 16.0. The molecule has 27 heavy (non-hydrogen) atoms. The van der Waals surface area contributed by atoms with E-state index in [0.29, 0.717) is 28.8 Å². The second-order valence-corrected chi connectivity index (χ2v) is 5.48. The largest absolute Gasteiger partial charge is 0.490 e. The zero-order valence-corrected chi connectivity index (χ0v) is 14.6. The van der Waals surface area contributed by atoms with E-state index < -0.39 is 5.97 Å². The molecule has 0 fully saturated rings. The highest BCUT2D eigenvalue weighted by atomic mass is 19.1.